The first-order chi connectivity index (χ1) is 9.54. The van der Waals surface area contributed by atoms with Gasteiger partial charge < -0.3 is 10.4 Å². The fourth-order valence-corrected chi connectivity index (χ4v) is 1.94. The highest BCUT2D eigenvalue weighted by molar-refractivity contribution is 5.46. The maximum Gasteiger partial charge on any atom is 0.340 e. The Kier molecular flexibility index (Phi) is 4.57. The predicted octanol–water partition coefficient (Wildman–Crippen LogP) is 1.24. The lowest BCUT2D eigenvalue weighted by Crippen LogP contribution is -2.22. The average Bonchev–Trinajstić information content (AvgIpc) is 2.82. The quantitative estimate of drug-likeness (QED) is 0.638. The highest BCUT2D eigenvalue weighted by atomic mass is 16.3. The van der Waals surface area contributed by atoms with Crippen LogP contribution in [0.5, 0.6) is 0 Å². The number of aromatic nitrogens is 3. The van der Waals surface area contributed by atoms with Gasteiger partial charge in [-0.1, -0.05) is 26.0 Å². The van der Waals surface area contributed by atoms with E-state index in [9.17, 15) is 9.90 Å². The van der Waals surface area contributed by atoms with Crippen molar-refractivity contribution in [1.82, 2.24) is 15.2 Å². The van der Waals surface area contributed by atoms with Crippen LogP contribution in [0.2, 0.25) is 0 Å². The van der Waals surface area contributed by atoms with Crippen LogP contribution in [0.25, 0.3) is 0 Å². The van der Waals surface area contributed by atoms with Crippen LogP contribution in [-0.4, -0.2) is 32.9 Å². The third-order valence-corrected chi connectivity index (χ3v) is 3.07. The van der Waals surface area contributed by atoms with E-state index in [1.807, 2.05) is 12.1 Å². The predicted molar refractivity (Wildman–Crippen MR) is 77.9 cm³/mol. The summed E-state index contributed by atoms with van der Waals surface area (Å²) in [6, 6.07) is 8.12. The van der Waals surface area contributed by atoms with Crippen LogP contribution in [-0.2, 0) is 6.42 Å². The summed E-state index contributed by atoms with van der Waals surface area (Å²) in [7, 11) is 0. The topological polar surface area (TPSA) is 93.8 Å². The van der Waals surface area contributed by atoms with E-state index in [-0.39, 0.29) is 5.69 Å². The number of hydrogen-bond donors (Lipinski definition) is 4. The Morgan fingerprint density at radius 2 is 2.20 bits per heavy atom. The Morgan fingerprint density at radius 3 is 2.85 bits per heavy atom. The fourth-order valence-electron chi connectivity index (χ4n) is 1.94. The van der Waals surface area contributed by atoms with Gasteiger partial charge in [0.05, 0.1) is 6.10 Å². The number of hydrogen-bond acceptors (Lipinski definition) is 4. The fraction of sp³-hybridized carbons (Fsp3) is 0.429. The minimum Gasteiger partial charge on any atom is -0.391 e. The molecule has 0 saturated heterocycles. The molecule has 20 heavy (non-hydrogen) atoms. The van der Waals surface area contributed by atoms with Crippen LogP contribution in [0, 0.1) is 0 Å². The van der Waals surface area contributed by atoms with Crippen LogP contribution >= 0.6 is 0 Å². The van der Waals surface area contributed by atoms with Gasteiger partial charge in [0.1, 0.15) is 5.82 Å². The Bertz CT molecular complexity index is 603. The monoisotopic (exact) mass is 276 g/mol. The minimum absolute atomic E-state index is 0.301. The van der Waals surface area contributed by atoms with E-state index in [2.05, 4.69) is 46.5 Å². The Labute approximate surface area is 117 Å². The van der Waals surface area contributed by atoms with Gasteiger partial charge in [0.25, 0.3) is 0 Å². The zero-order chi connectivity index (χ0) is 14.5. The molecule has 1 heterocycles. The molecule has 0 amide bonds. The Balaban J connectivity index is 1.88. The van der Waals surface area contributed by atoms with Crippen molar-refractivity contribution in [2.24, 2.45) is 0 Å². The van der Waals surface area contributed by atoms with E-state index in [4.69, 9.17) is 0 Å². The van der Waals surface area contributed by atoms with Crippen LogP contribution in [0.1, 0.15) is 31.2 Å². The van der Waals surface area contributed by atoms with Crippen molar-refractivity contribution in [3.63, 3.8) is 0 Å². The number of aliphatic hydroxyl groups excluding tert-OH is 1. The van der Waals surface area contributed by atoms with Gasteiger partial charge in [0.15, 0.2) is 0 Å². The average molecular weight is 276 g/mol. The molecule has 0 aliphatic rings. The van der Waals surface area contributed by atoms with Crippen LogP contribution in [0.15, 0.2) is 29.1 Å². The molecule has 6 heteroatoms. The maximum atomic E-state index is 10.9. The summed E-state index contributed by atoms with van der Waals surface area (Å²) in [6.07, 6.45) is -0.313. The number of aliphatic hydroxyl groups is 1. The summed E-state index contributed by atoms with van der Waals surface area (Å²) < 4.78 is 0. The second-order valence-corrected chi connectivity index (χ2v) is 5.14. The smallest absolute Gasteiger partial charge is 0.340 e. The molecule has 1 unspecified atom stereocenters. The van der Waals surface area contributed by atoms with Gasteiger partial charge in [-0.15, -0.1) is 0 Å². The van der Waals surface area contributed by atoms with E-state index >= 15 is 0 Å². The number of H-pyrrole nitrogens is 2. The molecule has 0 spiro atoms. The molecule has 1 atom stereocenters. The van der Waals surface area contributed by atoms with Gasteiger partial charge in [0.2, 0.25) is 0 Å². The zero-order valence-electron chi connectivity index (χ0n) is 11.7. The second kappa shape index (κ2) is 6.38. The highest BCUT2D eigenvalue weighted by Gasteiger charge is 2.08. The first-order valence-corrected chi connectivity index (χ1v) is 6.70. The first kappa shape index (κ1) is 14.3. The summed E-state index contributed by atoms with van der Waals surface area (Å²) in [6.45, 7) is 4.68. The molecule has 1 aromatic carbocycles. The number of benzene rings is 1. The summed E-state index contributed by atoms with van der Waals surface area (Å²) in [5.74, 6) is 0.927. The molecule has 6 nitrogen and oxygen atoms in total. The molecule has 0 bridgehead atoms. The lowest BCUT2D eigenvalue weighted by molar-refractivity contribution is 0.185. The van der Waals surface area contributed by atoms with Crippen molar-refractivity contribution in [3.8, 4) is 0 Å². The number of nitrogens with zero attached hydrogens (tertiary/aromatic N) is 1. The van der Waals surface area contributed by atoms with Gasteiger partial charge >= 0.3 is 5.69 Å². The molecule has 0 aliphatic heterocycles. The van der Waals surface area contributed by atoms with Gasteiger partial charge in [-0.2, -0.15) is 5.10 Å². The maximum absolute atomic E-state index is 10.9. The summed E-state index contributed by atoms with van der Waals surface area (Å²) >= 11 is 0. The lowest BCUT2D eigenvalue weighted by Gasteiger charge is -2.13. The number of anilines is 1. The molecule has 1 aromatic heterocycles. The third-order valence-electron chi connectivity index (χ3n) is 3.07. The minimum atomic E-state index is -0.614. The van der Waals surface area contributed by atoms with E-state index in [1.165, 1.54) is 5.56 Å². The molecule has 0 fully saturated rings. The molecule has 0 aliphatic carbocycles. The molecule has 2 rings (SSSR count). The van der Waals surface area contributed by atoms with Crippen molar-refractivity contribution in [1.29, 1.82) is 0 Å². The molecular weight excluding hydrogens is 256 g/mol. The normalized spacial score (nSPS) is 12.6. The number of rotatable bonds is 6. The standard InChI is InChI=1S/C14H20N4O2/c1-9(2)10-4-3-5-11(6-10)15-8-12(19)7-13-16-14(20)18-17-13/h3-6,9,12,15,19H,7-8H2,1-2H3,(H2,16,17,18,20). The Morgan fingerprint density at radius 1 is 1.40 bits per heavy atom. The van der Waals surface area contributed by atoms with Crippen molar-refractivity contribution < 1.29 is 5.11 Å². The van der Waals surface area contributed by atoms with E-state index in [0.29, 0.717) is 24.7 Å². The summed E-state index contributed by atoms with van der Waals surface area (Å²) in [4.78, 5) is 13.4. The first-order valence-electron chi connectivity index (χ1n) is 6.70. The number of nitrogens with one attached hydrogen (secondary N) is 3. The van der Waals surface area contributed by atoms with E-state index < -0.39 is 6.10 Å². The van der Waals surface area contributed by atoms with E-state index in [0.717, 1.165) is 5.69 Å². The van der Waals surface area contributed by atoms with Crippen molar-refractivity contribution in [2.45, 2.75) is 32.3 Å². The SMILES string of the molecule is CC(C)c1cccc(NCC(O)Cc2n[nH]c(=O)[nH]2)c1. The van der Waals surface area contributed by atoms with Gasteiger partial charge in [0, 0.05) is 18.7 Å². The zero-order valence-corrected chi connectivity index (χ0v) is 11.7. The molecule has 0 saturated carbocycles. The summed E-state index contributed by atoms with van der Waals surface area (Å²) in [5, 5.41) is 19.1. The van der Waals surface area contributed by atoms with Crippen molar-refractivity contribution in [2.75, 3.05) is 11.9 Å². The van der Waals surface area contributed by atoms with Gasteiger partial charge in [-0.3, -0.25) is 4.98 Å². The summed E-state index contributed by atoms with van der Waals surface area (Å²) in [5.41, 5.74) is 1.87. The molecule has 108 valence electrons. The van der Waals surface area contributed by atoms with Gasteiger partial charge in [-0.25, -0.2) is 9.89 Å². The third kappa shape index (κ3) is 3.96. The number of aromatic amines is 2. The van der Waals surface area contributed by atoms with E-state index in [1.54, 1.807) is 0 Å². The Hall–Kier alpha value is -2.08. The van der Waals surface area contributed by atoms with Gasteiger partial charge in [-0.05, 0) is 23.6 Å². The van der Waals surface area contributed by atoms with Crippen LogP contribution < -0.4 is 11.0 Å². The highest BCUT2D eigenvalue weighted by Crippen LogP contribution is 2.18. The van der Waals surface area contributed by atoms with Crippen molar-refractivity contribution in [3.05, 3.63) is 46.1 Å². The second-order valence-electron chi connectivity index (χ2n) is 5.14. The van der Waals surface area contributed by atoms with Crippen LogP contribution in [0.3, 0.4) is 0 Å². The molecule has 0 radical (unpaired) electrons. The largest absolute Gasteiger partial charge is 0.391 e. The van der Waals surface area contributed by atoms with Crippen LogP contribution in [0.4, 0.5) is 5.69 Å². The molecule has 4 N–H and O–H groups in total. The lowest BCUT2D eigenvalue weighted by atomic mass is 10.0. The molecule has 2 aromatic rings. The molecular formula is C14H20N4O2. The van der Waals surface area contributed by atoms with Crippen molar-refractivity contribution >= 4 is 5.69 Å².